The molecule has 3 heterocycles. The van der Waals surface area contributed by atoms with Crippen LogP contribution >= 0.6 is 0 Å². The molecule has 2 aromatic carbocycles. The summed E-state index contributed by atoms with van der Waals surface area (Å²) in [7, 11) is 0. The van der Waals surface area contributed by atoms with Gasteiger partial charge in [-0.1, -0.05) is 47.6 Å². The predicted octanol–water partition coefficient (Wildman–Crippen LogP) is 3.56. The Kier molecular flexibility index (Phi) is 3.15. The second kappa shape index (κ2) is 5.63. The van der Waals surface area contributed by atoms with Crippen LogP contribution in [0.25, 0.3) is 39.4 Å². The Hall–Kier alpha value is -3.80. The average Bonchev–Trinajstić information content (AvgIpc) is 3.19. The maximum atomic E-state index is 12.8. The van der Waals surface area contributed by atoms with Gasteiger partial charge in [-0.2, -0.15) is 4.98 Å². The minimum absolute atomic E-state index is 0.129. The molecule has 0 atom stereocenters. The SMILES string of the molecule is O=c1c2ccccc2nc2c(-c3nc(-c4ccccc4)no3)cccn12. The second-order valence-electron chi connectivity index (χ2n) is 5.84. The number of benzene rings is 2. The van der Waals surface area contributed by atoms with Gasteiger partial charge in [-0.15, -0.1) is 0 Å². The number of rotatable bonds is 2. The van der Waals surface area contributed by atoms with E-state index in [1.807, 2.05) is 54.6 Å². The highest BCUT2D eigenvalue weighted by molar-refractivity contribution is 5.83. The minimum atomic E-state index is -0.129. The molecular formula is C20H12N4O2. The molecule has 0 radical (unpaired) electrons. The molecule has 0 unspecified atom stereocenters. The molecule has 0 spiro atoms. The summed E-state index contributed by atoms with van der Waals surface area (Å²) in [5.41, 5.74) is 2.46. The Labute approximate surface area is 147 Å². The maximum absolute atomic E-state index is 12.8. The Morgan fingerprint density at radius 1 is 0.846 bits per heavy atom. The highest BCUT2D eigenvalue weighted by Gasteiger charge is 2.16. The lowest BCUT2D eigenvalue weighted by Crippen LogP contribution is -2.15. The first-order chi connectivity index (χ1) is 12.8. The summed E-state index contributed by atoms with van der Waals surface area (Å²) in [5, 5.41) is 4.62. The van der Waals surface area contributed by atoms with E-state index in [1.165, 1.54) is 4.40 Å². The van der Waals surface area contributed by atoms with Crippen molar-refractivity contribution >= 4 is 16.6 Å². The van der Waals surface area contributed by atoms with E-state index in [0.717, 1.165) is 5.56 Å². The number of nitrogens with zero attached hydrogens (tertiary/aromatic N) is 4. The van der Waals surface area contributed by atoms with Crippen LogP contribution in [0.1, 0.15) is 0 Å². The van der Waals surface area contributed by atoms with Crippen molar-refractivity contribution in [1.82, 2.24) is 19.5 Å². The van der Waals surface area contributed by atoms with Crippen molar-refractivity contribution in [3.8, 4) is 22.8 Å². The van der Waals surface area contributed by atoms with Gasteiger partial charge in [0.1, 0.15) is 0 Å². The average molecular weight is 340 g/mol. The van der Waals surface area contributed by atoms with Crippen molar-refractivity contribution in [2.75, 3.05) is 0 Å². The third-order valence-corrected chi connectivity index (χ3v) is 4.24. The molecule has 6 heteroatoms. The van der Waals surface area contributed by atoms with Crippen LogP contribution in [0, 0.1) is 0 Å². The van der Waals surface area contributed by atoms with E-state index < -0.39 is 0 Å². The molecule has 5 rings (SSSR count). The zero-order chi connectivity index (χ0) is 17.5. The number of aromatic nitrogens is 4. The van der Waals surface area contributed by atoms with Crippen LogP contribution in [0.15, 0.2) is 82.2 Å². The van der Waals surface area contributed by atoms with Crippen molar-refractivity contribution < 1.29 is 4.52 Å². The monoisotopic (exact) mass is 340 g/mol. The van der Waals surface area contributed by atoms with Crippen molar-refractivity contribution in [2.24, 2.45) is 0 Å². The molecule has 3 aromatic heterocycles. The van der Waals surface area contributed by atoms with Crippen molar-refractivity contribution in [3.63, 3.8) is 0 Å². The molecule has 0 saturated carbocycles. The van der Waals surface area contributed by atoms with E-state index in [-0.39, 0.29) is 5.56 Å². The number of para-hydroxylation sites is 1. The molecule has 0 fully saturated rings. The van der Waals surface area contributed by atoms with Crippen molar-refractivity contribution in [2.45, 2.75) is 0 Å². The molecule has 124 valence electrons. The lowest BCUT2D eigenvalue weighted by molar-refractivity contribution is 0.432. The molecule has 0 aliphatic rings. The lowest BCUT2D eigenvalue weighted by Gasteiger charge is -2.05. The van der Waals surface area contributed by atoms with E-state index >= 15 is 0 Å². The fourth-order valence-electron chi connectivity index (χ4n) is 2.98. The van der Waals surface area contributed by atoms with Gasteiger partial charge in [-0.25, -0.2) is 4.98 Å². The molecular weight excluding hydrogens is 328 g/mol. The van der Waals surface area contributed by atoms with Gasteiger partial charge in [-0.05, 0) is 24.3 Å². The van der Waals surface area contributed by atoms with Gasteiger partial charge in [0.15, 0.2) is 5.65 Å². The van der Waals surface area contributed by atoms with Gasteiger partial charge in [0.2, 0.25) is 5.82 Å². The maximum Gasteiger partial charge on any atom is 0.265 e. The van der Waals surface area contributed by atoms with Gasteiger partial charge in [0.25, 0.3) is 11.4 Å². The number of fused-ring (bicyclic) bond motifs is 2. The van der Waals surface area contributed by atoms with E-state index in [1.54, 1.807) is 18.3 Å². The molecule has 0 amide bonds. The van der Waals surface area contributed by atoms with E-state index in [2.05, 4.69) is 15.1 Å². The van der Waals surface area contributed by atoms with Gasteiger partial charge in [-0.3, -0.25) is 9.20 Å². The highest BCUT2D eigenvalue weighted by Crippen LogP contribution is 2.25. The third kappa shape index (κ3) is 2.20. The summed E-state index contributed by atoms with van der Waals surface area (Å²) in [6, 6.07) is 20.4. The summed E-state index contributed by atoms with van der Waals surface area (Å²) in [6.45, 7) is 0. The summed E-state index contributed by atoms with van der Waals surface area (Å²) >= 11 is 0. The van der Waals surface area contributed by atoms with Gasteiger partial charge < -0.3 is 4.52 Å². The molecule has 6 nitrogen and oxygen atoms in total. The molecule has 0 aliphatic carbocycles. The number of hydrogen-bond donors (Lipinski definition) is 0. The Morgan fingerprint density at radius 3 is 2.54 bits per heavy atom. The molecule has 5 aromatic rings. The minimum Gasteiger partial charge on any atom is -0.333 e. The summed E-state index contributed by atoms with van der Waals surface area (Å²) < 4.78 is 6.95. The first kappa shape index (κ1) is 14.5. The summed E-state index contributed by atoms with van der Waals surface area (Å²) in [5.74, 6) is 0.815. The quantitative estimate of drug-likeness (QED) is 0.459. The topological polar surface area (TPSA) is 73.3 Å². The Morgan fingerprint density at radius 2 is 1.65 bits per heavy atom. The fraction of sp³-hybridized carbons (Fsp3) is 0. The van der Waals surface area contributed by atoms with Crippen molar-refractivity contribution in [1.29, 1.82) is 0 Å². The molecule has 0 aliphatic heterocycles. The van der Waals surface area contributed by atoms with E-state index in [4.69, 9.17) is 4.52 Å². The van der Waals surface area contributed by atoms with Gasteiger partial charge in [0.05, 0.1) is 16.5 Å². The van der Waals surface area contributed by atoms with Crippen LogP contribution < -0.4 is 5.56 Å². The van der Waals surface area contributed by atoms with Crippen LogP contribution in [-0.2, 0) is 0 Å². The Balaban J connectivity index is 1.75. The molecule has 0 saturated heterocycles. The zero-order valence-corrected chi connectivity index (χ0v) is 13.5. The second-order valence-corrected chi connectivity index (χ2v) is 5.84. The smallest absolute Gasteiger partial charge is 0.265 e. The fourth-order valence-corrected chi connectivity index (χ4v) is 2.98. The van der Waals surface area contributed by atoms with Gasteiger partial charge >= 0.3 is 0 Å². The van der Waals surface area contributed by atoms with Crippen LogP contribution in [0.3, 0.4) is 0 Å². The largest absolute Gasteiger partial charge is 0.333 e. The molecule has 26 heavy (non-hydrogen) atoms. The first-order valence-electron chi connectivity index (χ1n) is 8.11. The summed E-state index contributed by atoms with van der Waals surface area (Å²) in [6.07, 6.45) is 1.69. The number of pyridine rings is 1. The predicted molar refractivity (Wildman–Crippen MR) is 97.7 cm³/mol. The van der Waals surface area contributed by atoms with Crippen LogP contribution in [0.4, 0.5) is 0 Å². The Bertz CT molecular complexity index is 1310. The zero-order valence-electron chi connectivity index (χ0n) is 13.5. The van der Waals surface area contributed by atoms with Gasteiger partial charge in [0, 0.05) is 11.8 Å². The van der Waals surface area contributed by atoms with E-state index in [0.29, 0.717) is 33.8 Å². The van der Waals surface area contributed by atoms with Crippen LogP contribution in [0.5, 0.6) is 0 Å². The normalized spacial score (nSPS) is 11.2. The van der Waals surface area contributed by atoms with Crippen LogP contribution in [0.2, 0.25) is 0 Å². The standard InChI is InChI=1S/C20H12N4O2/c25-20-14-9-4-5-11-16(14)21-18-15(10-6-12-24(18)20)19-22-17(23-26-19)13-7-2-1-3-8-13/h1-12H. The van der Waals surface area contributed by atoms with E-state index in [9.17, 15) is 4.79 Å². The molecule has 0 bridgehead atoms. The lowest BCUT2D eigenvalue weighted by atomic mass is 10.2. The highest BCUT2D eigenvalue weighted by atomic mass is 16.5. The van der Waals surface area contributed by atoms with Crippen molar-refractivity contribution in [3.05, 3.63) is 83.3 Å². The third-order valence-electron chi connectivity index (χ3n) is 4.24. The molecule has 0 N–H and O–H groups in total. The first-order valence-corrected chi connectivity index (χ1v) is 8.11. The van der Waals surface area contributed by atoms with Crippen LogP contribution in [-0.4, -0.2) is 19.5 Å². The summed E-state index contributed by atoms with van der Waals surface area (Å²) in [4.78, 5) is 21.9. The number of hydrogen-bond acceptors (Lipinski definition) is 5.